The molecule has 0 atom stereocenters. The van der Waals surface area contributed by atoms with Gasteiger partial charge in [0.15, 0.2) is 5.76 Å². The molecule has 0 aliphatic carbocycles. The lowest BCUT2D eigenvalue weighted by Gasteiger charge is -2.08. The quantitative estimate of drug-likeness (QED) is 0.794. The highest BCUT2D eigenvalue weighted by Crippen LogP contribution is 2.27. The van der Waals surface area contributed by atoms with Crippen molar-refractivity contribution in [2.24, 2.45) is 0 Å². The van der Waals surface area contributed by atoms with E-state index in [-0.39, 0.29) is 17.8 Å². The number of aromatic nitrogens is 3. The third-order valence-corrected chi connectivity index (χ3v) is 3.44. The van der Waals surface area contributed by atoms with Gasteiger partial charge in [0.25, 0.3) is 5.56 Å². The van der Waals surface area contributed by atoms with Crippen molar-refractivity contribution in [3.05, 3.63) is 51.6 Å². The molecule has 7 nitrogen and oxygen atoms in total. The number of pyridine rings is 1. The molecule has 0 fully saturated rings. The van der Waals surface area contributed by atoms with E-state index in [1.807, 2.05) is 20.8 Å². The van der Waals surface area contributed by atoms with Crippen LogP contribution in [0.25, 0.3) is 11.1 Å². The van der Waals surface area contributed by atoms with Crippen LogP contribution in [0.1, 0.15) is 22.9 Å². The van der Waals surface area contributed by atoms with E-state index in [4.69, 9.17) is 14.8 Å². The van der Waals surface area contributed by atoms with Gasteiger partial charge in [-0.3, -0.25) is 4.79 Å². The summed E-state index contributed by atoms with van der Waals surface area (Å²) >= 11 is 0. The Labute approximate surface area is 126 Å². The number of rotatable bonds is 3. The normalized spacial score (nSPS) is 11.0. The molecule has 3 heterocycles. The Morgan fingerprint density at radius 1 is 1.18 bits per heavy atom. The van der Waals surface area contributed by atoms with Crippen LogP contribution in [0.3, 0.4) is 0 Å². The molecule has 0 amide bonds. The Morgan fingerprint density at radius 2 is 1.95 bits per heavy atom. The van der Waals surface area contributed by atoms with E-state index in [0.29, 0.717) is 11.5 Å². The van der Waals surface area contributed by atoms with E-state index >= 15 is 0 Å². The molecule has 0 radical (unpaired) electrons. The molecule has 0 aliphatic rings. The molecular formula is C15H16N4O3. The van der Waals surface area contributed by atoms with Gasteiger partial charge in [-0.05, 0) is 26.8 Å². The first-order chi connectivity index (χ1) is 10.5. The molecule has 0 aromatic carbocycles. The fourth-order valence-electron chi connectivity index (χ4n) is 2.47. The molecule has 0 saturated heterocycles. The third-order valence-electron chi connectivity index (χ3n) is 3.44. The Kier molecular flexibility index (Phi) is 3.32. The minimum atomic E-state index is -0.274. The van der Waals surface area contributed by atoms with Crippen molar-refractivity contribution < 1.29 is 9.05 Å². The standard InChI is InChI=1S/C15H16N4O3/c1-8-4-12(22-17-8)7-19-6-11(5-13(16)15(19)20)14-9(2)18-21-10(14)3/h4-6H,7,16H2,1-3H3. The number of anilines is 1. The molecule has 0 bridgehead atoms. The minimum Gasteiger partial charge on any atom is -0.394 e. The molecule has 3 aromatic rings. The molecular weight excluding hydrogens is 284 g/mol. The second kappa shape index (κ2) is 5.18. The van der Waals surface area contributed by atoms with Gasteiger partial charge in [0.2, 0.25) is 0 Å². The number of hydrogen-bond donors (Lipinski definition) is 1. The molecule has 7 heteroatoms. The van der Waals surface area contributed by atoms with Crippen LogP contribution in [0.4, 0.5) is 5.69 Å². The first-order valence-corrected chi connectivity index (χ1v) is 6.81. The fraction of sp³-hybridized carbons (Fsp3) is 0.267. The predicted octanol–water partition coefficient (Wildman–Crippen LogP) is 2.05. The zero-order chi connectivity index (χ0) is 15.9. The molecule has 114 valence electrons. The number of nitrogens with zero attached hydrogens (tertiary/aromatic N) is 3. The van der Waals surface area contributed by atoms with E-state index in [0.717, 1.165) is 22.5 Å². The minimum absolute atomic E-state index is 0.161. The summed E-state index contributed by atoms with van der Waals surface area (Å²) in [5, 5.41) is 7.75. The van der Waals surface area contributed by atoms with E-state index in [1.165, 1.54) is 4.57 Å². The molecule has 0 aliphatic heterocycles. The summed E-state index contributed by atoms with van der Waals surface area (Å²) < 4.78 is 11.8. The van der Waals surface area contributed by atoms with E-state index in [9.17, 15) is 4.79 Å². The Balaban J connectivity index is 2.09. The molecule has 0 saturated carbocycles. The number of hydrogen-bond acceptors (Lipinski definition) is 6. The van der Waals surface area contributed by atoms with Crippen LogP contribution in [0.5, 0.6) is 0 Å². The zero-order valence-electron chi connectivity index (χ0n) is 12.6. The Morgan fingerprint density at radius 3 is 2.55 bits per heavy atom. The van der Waals surface area contributed by atoms with Gasteiger partial charge < -0.3 is 19.3 Å². The Hall–Kier alpha value is -2.83. The summed E-state index contributed by atoms with van der Waals surface area (Å²) in [6, 6.07) is 3.42. The van der Waals surface area contributed by atoms with Crippen molar-refractivity contribution in [3.63, 3.8) is 0 Å². The van der Waals surface area contributed by atoms with Gasteiger partial charge in [-0.25, -0.2) is 0 Å². The summed E-state index contributed by atoms with van der Waals surface area (Å²) in [5.41, 5.74) is 8.88. The van der Waals surface area contributed by atoms with Crippen LogP contribution >= 0.6 is 0 Å². The van der Waals surface area contributed by atoms with Gasteiger partial charge in [-0.15, -0.1) is 0 Å². The first-order valence-electron chi connectivity index (χ1n) is 6.81. The Bertz CT molecular complexity index is 869. The summed E-state index contributed by atoms with van der Waals surface area (Å²) in [5.74, 6) is 1.27. The van der Waals surface area contributed by atoms with Gasteiger partial charge in [0.1, 0.15) is 5.76 Å². The average molecular weight is 300 g/mol. The van der Waals surface area contributed by atoms with Crippen LogP contribution in [0.2, 0.25) is 0 Å². The van der Waals surface area contributed by atoms with Crippen molar-refractivity contribution in [2.45, 2.75) is 27.3 Å². The third kappa shape index (κ3) is 2.41. The largest absolute Gasteiger partial charge is 0.394 e. The van der Waals surface area contributed by atoms with Gasteiger partial charge in [-0.1, -0.05) is 10.3 Å². The lowest BCUT2D eigenvalue weighted by molar-refractivity contribution is 0.372. The highest BCUT2D eigenvalue weighted by Gasteiger charge is 2.15. The second-order valence-electron chi connectivity index (χ2n) is 5.25. The van der Waals surface area contributed by atoms with Crippen LogP contribution in [0.15, 0.2) is 32.2 Å². The van der Waals surface area contributed by atoms with Crippen LogP contribution in [-0.2, 0) is 6.54 Å². The lowest BCUT2D eigenvalue weighted by atomic mass is 10.1. The smallest absolute Gasteiger partial charge is 0.274 e. The maximum atomic E-state index is 12.2. The summed E-state index contributed by atoms with van der Waals surface area (Å²) in [6.07, 6.45) is 1.73. The van der Waals surface area contributed by atoms with Crippen molar-refractivity contribution in [1.29, 1.82) is 0 Å². The fourth-order valence-corrected chi connectivity index (χ4v) is 2.47. The molecule has 3 rings (SSSR count). The maximum absolute atomic E-state index is 12.2. The molecule has 22 heavy (non-hydrogen) atoms. The molecule has 3 aromatic heterocycles. The monoisotopic (exact) mass is 300 g/mol. The maximum Gasteiger partial charge on any atom is 0.274 e. The van der Waals surface area contributed by atoms with Crippen LogP contribution in [-0.4, -0.2) is 14.9 Å². The summed E-state index contributed by atoms with van der Waals surface area (Å²) in [6.45, 7) is 5.75. The lowest BCUT2D eigenvalue weighted by Crippen LogP contribution is -2.23. The SMILES string of the molecule is Cc1cc(Cn2cc(-c3c(C)noc3C)cc(N)c2=O)on1. The molecule has 0 unspecified atom stereocenters. The first kappa shape index (κ1) is 14.1. The number of nitrogen functional groups attached to an aromatic ring is 1. The summed E-state index contributed by atoms with van der Waals surface area (Å²) in [7, 11) is 0. The zero-order valence-corrected chi connectivity index (χ0v) is 12.6. The van der Waals surface area contributed by atoms with Crippen molar-refractivity contribution >= 4 is 5.69 Å². The van der Waals surface area contributed by atoms with Crippen molar-refractivity contribution in [3.8, 4) is 11.1 Å². The average Bonchev–Trinajstić information content (AvgIpc) is 3.01. The van der Waals surface area contributed by atoms with Gasteiger partial charge >= 0.3 is 0 Å². The highest BCUT2D eigenvalue weighted by atomic mass is 16.5. The van der Waals surface area contributed by atoms with Crippen molar-refractivity contribution in [1.82, 2.24) is 14.9 Å². The second-order valence-corrected chi connectivity index (χ2v) is 5.25. The van der Waals surface area contributed by atoms with E-state index in [1.54, 1.807) is 18.3 Å². The van der Waals surface area contributed by atoms with Gasteiger partial charge in [-0.2, -0.15) is 0 Å². The predicted molar refractivity (Wildman–Crippen MR) is 80.4 cm³/mol. The van der Waals surface area contributed by atoms with Gasteiger partial charge in [0.05, 0.1) is 23.6 Å². The molecule has 0 spiro atoms. The topological polar surface area (TPSA) is 100 Å². The van der Waals surface area contributed by atoms with E-state index in [2.05, 4.69) is 10.3 Å². The van der Waals surface area contributed by atoms with Crippen LogP contribution in [0, 0.1) is 20.8 Å². The number of nitrogens with two attached hydrogens (primary N) is 1. The van der Waals surface area contributed by atoms with Gasteiger partial charge in [0, 0.05) is 23.4 Å². The number of aryl methyl sites for hydroxylation is 3. The van der Waals surface area contributed by atoms with Crippen molar-refractivity contribution in [2.75, 3.05) is 5.73 Å². The molecule has 2 N–H and O–H groups in total. The van der Waals surface area contributed by atoms with Crippen LogP contribution < -0.4 is 11.3 Å². The summed E-state index contributed by atoms with van der Waals surface area (Å²) in [4.78, 5) is 12.2. The van der Waals surface area contributed by atoms with E-state index < -0.39 is 0 Å². The highest BCUT2D eigenvalue weighted by molar-refractivity contribution is 5.69.